The highest BCUT2D eigenvalue weighted by Gasteiger charge is 2.06. The normalized spacial score (nSPS) is 10.9. The van der Waals surface area contributed by atoms with Crippen LogP contribution >= 0.6 is 0 Å². The SMILES string of the molecule is C=C(CCCOC)CCN(CCC)CCCC(=O)NCC. The average molecular weight is 298 g/mol. The van der Waals surface area contributed by atoms with Crippen LogP contribution in [-0.2, 0) is 9.53 Å². The molecule has 0 aliphatic heterocycles. The topological polar surface area (TPSA) is 41.6 Å². The van der Waals surface area contributed by atoms with Gasteiger partial charge in [0.05, 0.1) is 0 Å². The van der Waals surface area contributed by atoms with Crippen molar-refractivity contribution in [3.05, 3.63) is 12.2 Å². The van der Waals surface area contributed by atoms with Crippen molar-refractivity contribution in [1.29, 1.82) is 0 Å². The fourth-order valence-corrected chi connectivity index (χ4v) is 2.31. The molecule has 0 heterocycles. The predicted molar refractivity (Wildman–Crippen MR) is 89.5 cm³/mol. The number of rotatable bonds is 14. The third-order valence-electron chi connectivity index (χ3n) is 3.45. The van der Waals surface area contributed by atoms with E-state index in [0.29, 0.717) is 6.42 Å². The van der Waals surface area contributed by atoms with Gasteiger partial charge in [-0.05, 0) is 52.1 Å². The van der Waals surface area contributed by atoms with E-state index < -0.39 is 0 Å². The van der Waals surface area contributed by atoms with Crippen LogP contribution in [-0.4, -0.2) is 50.7 Å². The molecule has 124 valence electrons. The lowest BCUT2D eigenvalue weighted by atomic mass is 10.1. The molecule has 0 atom stereocenters. The number of nitrogens with zero attached hydrogens (tertiary/aromatic N) is 1. The highest BCUT2D eigenvalue weighted by Crippen LogP contribution is 2.09. The molecule has 0 spiro atoms. The summed E-state index contributed by atoms with van der Waals surface area (Å²) in [5.74, 6) is 0.165. The molecule has 21 heavy (non-hydrogen) atoms. The van der Waals surface area contributed by atoms with Crippen LogP contribution in [0, 0.1) is 0 Å². The monoisotopic (exact) mass is 298 g/mol. The molecule has 0 aromatic carbocycles. The lowest BCUT2D eigenvalue weighted by Crippen LogP contribution is -2.29. The molecule has 0 radical (unpaired) electrons. The van der Waals surface area contributed by atoms with Gasteiger partial charge in [-0.3, -0.25) is 4.79 Å². The Bertz CT molecular complexity index is 280. The molecule has 0 bridgehead atoms. The Kier molecular flexibility index (Phi) is 13.5. The number of nitrogens with one attached hydrogen (secondary N) is 1. The molecular weight excluding hydrogens is 264 g/mol. The summed E-state index contributed by atoms with van der Waals surface area (Å²) in [6, 6.07) is 0. The van der Waals surface area contributed by atoms with Crippen LogP contribution in [0.3, 0.4) is 0 Å². The Hall–Kier alpha value is -0.870. The van der Waals surface area contributed by atoms with Gasteiger partial charge in [-0.15, -0.1) is 0 Å². The molecule has 1 amide bonds. The third-order valence-corrected chi connectivity index (χ3v) is 3.45. The van der Waals surface area contributed by atoms with Crippen LogP contribution in [0.4, 0.5) is 0 Å². The second kappa shape index (κ2) is 14.1. The molecule has 0 aliphatic rings. The summed E-state index contributed by atoms with van der Waals surface area (Å²) in [6.07, 6.45) is 5.86. The van der Waals surface area contributed by atoms with E-state index in [1.54, 1.807) is 7.11 Å². The third kappa shape index (κ3) is 12.6. The summed E-state index contributed by atoms with van der Waals surface area (Å²) in [7, 11) is 1.74. The van der Waals surface area contributed by atoms with Crippen molar-refractivity contribution in [2.24, 2.45) is 0 Å². The molecule has 1 N–H and O–H groups in total. The molecule has 0 aliphatic carbocycles. The summed E-state index contributed by atoms with van der Waals surface area (Å²) < 4.78 is 5.06. The van der Waals surface area contributed by atoms with Gasteiger partial charge in [0.1, 0.15) is 0 Å². The predicted octanol–water partition coefficient (Wildman–Crippen LogP) is 2.99. The van der Waals surface area contributed by atoms with Crippen molar-refractivity contribution in [2.45, 2.75) is 52.4 Å². The van der Waals surface area contributed by atoms with Crippen molar-refractivity contribution in [1.82, 2.24) is 10.2 Å². The lowest BCUT2D eigenvalue weighted by molar-refractivity contribution is -0.121. The summed E-state index contributed by atoms with van der Waals surface area (Å²) in [5, 5.41) is 2.85. The van der Waals surface area contributed by atoms with Crippen LogP contribution in [0.5, 0.6) is 0 Å². The Balaban J connectivity index is 3.85. The lowest BCUT2D eigenvalue weighted by Gasteiger charge is -2.22. The molecular formula is C17H34N2O2. The standard InChI is InChI=1S/C17H34N2O2/c1-5-12-19(13-7-10-17(20)18-6-2)14-11-16(3)9-8-15-21-4/h3,5-15H2,1-2,4H3,(H,18,20). The number of hydrogen-bond acceptors (Lipinski definition) is 3. The molecule has 0 saturated carbocycles. The van der Waals surface area contributed by atoms with E-state index in [0.717, 1.165) is 64.9 Å². The second-order valence-corrected chi connectivity index (χ2v) is 5.50. The fourth-order valence-electron chi connectivity index (χ4n) is 2.31. The average Bonchev–Trinajstić information content (AvgIpc) is 2.45. The minimum atomic E-state index is 0.165. The van der Waals surface area contributed by atoms with Gasteiger partial charge in [-0.25, -0.2) is 0 Å². The number of amides is 1. The highest BCUT2D eigenvalue weighted by atomic mass is 16.5. The number of carbonyl (C=O) groups is 1. The molecule has 0 rings (SSSR count). The van der Waals surface area contributed by atoms with E-state index in [1.165, 1.54) is 5.57 Å². The van der Waals surface area contributed by atoms with Crippen molar-refractivity contribution in [3.63, 3.8) is 0 Å². The smallest absolute Gasteiger partial charge is 0.220 e. The number of methoxy groups -OCH3 is 1. The zero-order chi connectivity index (χ0) is 15.9. The minimum Gasteiger partial charge on any atom is -0.385 e. The van der Waals surface area contributed by atoms with Crippen LogP contribution in [0.15, 0.2) is 12.2 Å². The van der Waals surface area contributed by atoms with E-state index >= 15 is 0 Å². The first kappa shape index (κ1) is 20.1. The van der Waals surface area contributed by atoms with E-state index in [4.69, 9.17) is 4.74 Å². The quantitative estimate of drug-likeness (QED) is 0.396. The first-order chi connectivity index (χ1) is 10.1. The fraction of sp³-hybridized carbons (Fsp3) is 0.824. The Morgan fingerprint density at radius 3 is 2.48 bits per heavy atom. The Labute approximate surface area is 130 Å². The number of hydrogen-bond donors (Lipinski definition) is 1. The summed E-state index contributed by atoms with van der Waals surface area (Å²) in [6.45, 7) is 13.0. The zero-order valence-corrected chi connectivity index (χ0v) is 14.2. The second-order valence-electron chi connectivity index (χ2n) is 5.50. The van der Waals surface area contributed by atoms with Crippen molar-refractivity contribution in [3.8, 4) is 0 Å². The van der Waals surface area contributed by atoms with Gasteiger partial charge >= 0.3 is 0 Å². The van der Waals surface area contributed by atoms with E-state index in [2.05, 4.69) is 23.7 Å². The van der Waals surface area contributed by atoms with E-state index in [9.17, 15) is 4.79 Å². The molecule has 0 aromatic heterocycles. The molecule has 0 aromatic rings. The summed E-state index contributed by atoms with van der Waals surface area (Å²) >= 11 is 0. The highest BCUT2D eigenvalue weighted by molar-refractivity contribution is 5.75. The van der Waals surface area contributed by atoms with Gasteiger partial charge in [0.15, 0.2) is 0 Å². The van der Waals surface area contributed by atoms with Gasteiger partial charge in [0, 0.05) is 33.2 Å². The maximum Gasteiger partial charge on any atom is 0.220 e. The van der Waals surface area contributed by atoms with Gasteiger partial charge in [0.2, 0.25) is 5.91 Å². The van der Waals surface area contributed by atoms with Gasteiger partial charge in [-0.1, -0.05) is 19.1 Å². The van der Waals surface area contributed by atoms with Crippen molar-refractivity contribution >= 4 is 5.91 Å². The molecule has 0 unspecified atom stereocenters. The summed E-state index contributed by atoms with van der Waals surface area (Å²) in [5.41, 5.74) is 1.30. The largest absolute Gasteiger partial charge is 0.385 e. The van der Waals surface area contributed by atoms with Crippen LogP contribution < -0.4 is 5.32 Å². The van der Waals surface area contributed by atoms with Gasteiger partial charge < -0.3 is 15.0 Å². The minimum absolute atomic E-state index is 0.165. The first-order valence-electron chi connectivity index (χ1n) is 8.28. The Morgan fingerprint density at radius 1 is 1.10 bits per heavy atom. The Morgan fingerprint density at radius 2 is 1.86 bits per heavy atom. The van der Waals surface area contributed by atoms with Crippen LogP contribution in [0.1, 0.15) is 52.4 Å². The van der Waals surface area contributed by atoms with E-state index in [1.807, 2.05) is 6.92 Å². The molecule has 0 fully saturated rings. The van der Waals surface area contributed by atoms with Crippen LogP contribution in [0.2, 0.25) is 0 Å². The van der Waals surface area contributed by atoms with Gasteiger partial charge in [-0.2, -0.15) is 0 Å². The number of carbonyl (C=O) groups excluding carboxylic acids is 1. The van der Waals surface area contributed by atoms with Crippen molar-refractivity contribution in [2.75, 3.05) is 39.9 Å². The van der Waals surface area contributed by atoms with Crippen LogP contribution in [0.25, 0.3) is 0 Å². The maximum atomic E-state index is 11.4. The van der Waals surface area contributed by atoms with E-state index in [-0.39, 0.29) is 5.91 Å². The first-order valence-corrected chi connectivity index (χ1v) is 8.28. The molecule has 4 heteroatoms. The maximum absolute atomic E-state index is 11.4. The molecule has 0 saturated heterocycles. The van der Waals surface area contributed by atoms with Gasteiger partial charge in [0.25, 0.3) is 0 Å². The number of ether oxygens (including phenoxy) is 1. The molecule has 4 nitrogen and oxygen atoms in total. The summed E-state index contributed by atoms with van der Waals surface area (Å²) in [4.78, 5) is 13.9. The zero-order valence-electron chi connectivity index (χ0n) is 14.2. The van der Waals surface area contributed by atoms with Crippen molar-refractivity contribution < 1.29 is 9.53 Å².